The normalized spacial score (nSPS) is 15.2. The van der Waals surface area contributed by atoms with Gasteiger partial charge in [0.25, 0.3) is 0 Å². The third-order valence-corrected chi connectivity index (χ3v) is 6.84. The monoisotopic (exact) mass is 541 g/mol. The van der Waals surface area contributed by atoms with E-state index in [0.29, 0.717) is 11.1 Å². The number of nitrogens with one attached hydrogen (secondary N) is 1. The summed E-state index contributed by atoms with van der Waals surface area (Å²) in [6.07, 6.45) is -1.67. The summed E-state index contributed by atoms with van der Waals surface area (Å²) in [4.78, 5) is 42.3. The Hall–Kier alpha value is -4.16. The van der Waals surface area contributed by atoms with Crippen LogP contribution in [0.4, 0.5) is 13.2 Å². The number of benzene rings is 2. The smallest absolute Gasteiger partial charge is 0.418 e. The summed E-state index contributed by atoms with van der Waals surface area (Å²) >= 11 is 0. The first kappa shape index (κ1) is 26.4. The number of carboxylic acid groups (broad SMARTS) is 1. The molecule has 2 aromatic carbocycles. The molecule has 1 saturated heterocycles. The summed E-state index contributed by atoms with van der Waals surface area (Å²) in [6.45, 7) is 3.93. The average molecular weight is 542 g/mol. The fraction of sp³-hybridized carbons (Fsp3) is 0.296. The van der Waals surface area contributed by atoms with Crippen molar-refractivity contribution < 1.29 is 23.1 Å². The summed E-state index contributed by atoms with van der Waals surface area (Å²) in [7, 11) is 0. The second-order valence-electron chi connectivity index (χ2n) is 9.59. The zero-order chi connectivity index (χ0) is 27.7. The van der Waals surface area contributed by atoms with E-state index in [1.165, 1.54) is 16.3 Å². The summed E-state index contributed by atoms with van der Waals surface area (Å²) in [5.41, 5.74) is -2.00. The molecular formula is C27H26F3N5O4. The number of fused-ring (bicyclic) bond motifs is 1. The van der Waals surface area contributed by atoms with Crippen LogP contribution in [0.25, 0.3) is 16.7 Å². The molecule has 1 aliphatic heterocycles. The second-order valence-corrected chi connectivity index (χ2v) is 9.59. The molecule has 0 saturated carbocycles. The molecule has 2 N–H and O–H groups in total. The second kappa shape index (κ2) is 10.5. The first-order valence-corrected chi connectivity index (χ1v) is 12.3. The van der Waals surface area contributed by atoms with Crippen molar-refractivity contribution in [2.24, 2.45) is 0 Å². The van der Waals surface area contributed by atoms with E-state index in [9.17, 15) is 32.7 Å². The molecule has 1 fully saturated rings. The van der Waals surface area contributed by atoms with Crippen molar-refractivity contribution in [3.05, 3.63) is 98.3 Å². The van der Waals surface area contributed by atoms with Gasteiger partial charge in [-0.2, -0.15) is 13.2 Å². The zero-order valence-electron chi connectivity index (χ0n) is 20.8. The van der Waals surface area contributed by atoms with Crippen LogP contribution in [-0.2, 0) is 30.6 Å². The van der Waals surface area contributed by atoms with Crippen molar-refractivity contribution in [2.75, 3.05) is 26.2 Å². The van der Waals surface area contributed by atoms with E-state index < -0.39 is 35.4 Å². The Balaban J connectivity index is 1.40. The number of carbonyl (C=O) groups is 1. The fourth-order valence-electron chi connectivity index (χ4n) is 4.93. The van der Waals surface area contributed by atoms with Gasteiger partial charge in [-0.3, -0.25) is 28.8 Å². The van der Waals surface area contributed by atoms with E-state index in [0.717, 1.165) is 50.4 Å². The average Bonchev–Trinajstić information content (AvgIpc) is 3.35. The molecule has 0 bridgehead atoms. The Bertz CT molecular complexity index is 1620. The van der Waals surface area contributed by atoms with Crippen LogP contribution in [0.5, 0.6) is 0 Å². The number of alkyl halides is 3. The summed E-state index contributed by atoms with van der Waals surface area (Å²) in [5.74, 6) is -1.41. The van der Waals surface area contributed by atoms with Gasteiger partial charge in [0.15, 0.2) is 0 Å². The highest BCUT2D eigenvalue weighted by atomic mass is 19.4. The lowest BCUT2D eigenvalue weighted by Crippen LogP contribution is -2.45. The maximum absolute atomic E-state index is 14.0. The zero-order valence-corrected chi connectivity index (χ0v) is 20.8. The largest absolute Gasteiger partial charge is 0.480 e. The van der Waals surface area contributed by atoms with Crippen molar-refractivity contribution in [1.82, 2.24) is 23.9 Å². The standard InChI is InChI=1S/C27H26F3N5O4/c28-27(29,30)20-12-21-23(35(17-24(36)37)26(39)25(38)31-21)13-22(20)34-7-6-19(16-34)15-33-10-8-32(9-11-33)14-18-4-2-1-3-5-18/h1-7,12-13,16H,8-11,14-15,17H2,(H,31,38)(H,36,37). The maximum atomic E-state index is 14.0. The predicted molar refractivity (Wildman–Crippen MR) is 138 cm³/mol. The predicted octanol–water partition coefficient (Wildman–Crippen LogP) is 2.90. The highest BCUT2D eigenvalue weighted by Crippen LogP contribution is 2.36. The highest BCUT2D eigenvalue weighted by Gasteiger charge is 2.35. The van der Waals surface area contributed by atoms with Gasteiger partial charge in [0.1, 0.15) is 6.54 Å². The van der Waals surface area contributed by atoms with Gasteiger partial charge in [0.05, 0.1) is 22.3 Å². The minimum atomic E-state index is -4.77. The van der Waals surface area contributed by atoms with Crippen LogP contribution in [0.15, 0.2) is 70.5 Å². The number of piperazine rings is 1. The van der Waals surface area contributed by atoms with Gasteiger partial charge in [-0.25, -0.2) is 0 Å². The fourth-order valence-corrected chi connectivity index (χ4v) is 4.93. The number of rotatable bonds is 7. The number of carboxylic acids is 1. The summed E-state index contributed by atoms with van der Waals surface area (Å²) in [6, 6.07) is 13.8. The number of halogens is 3. The number of aromatic amines is 1. The van der Waals surface area contributed by atoms with Crippen LogP contribution in [0.3, 0.4) is 0 Å². The number of aromatic nitrogens is 3. The first-order chi connectivity index (χ1) is 18.6. The van der Waals surface area contributed by atoms with Gasteiger partial charge in [-0.05, 0) is 29.3 Å². The van der Waals surface area contributed by atoms with Crippen LogP contribution in [-0.4, -0.2) is 61.2 Å². The maximum Gasteiger partial charge on any atom is 0.418 e. The molecule has 5 rings (SSSR count). The Morgan fingerprint density at radius 3 is 2.18 bits per heavy atom. The molecule has 3 heterocycles. The number of hydrogen-bond acceptors (Lipinski definition) is 5. The van der Waals surface area contributed by atoms with Crippen LogP contribution >= 0.6 is 0 Å². The number of nitrogens with zero attached hydrogens (tertiary/aromatic N) is 4. The molecule has 12 heteroatoms. The molecule has 4 aromatic rings. The van der Waals surface area contributed by atoms with E-state index in [2.05, 4.69) is 26.9 Å². The van der Waals surface area contributed by atoms with Crippen LogP contribution < -0.4 is 11.1 Å². The van der Waals surface area contributed by atoms with Crippen LogP contribution in [0.2, 0.25) is 0 Å². The molecule has 0 atom stereocenters. The molecule has 2 aromatic heterocycles. The number of hydrogen-bond donors (Lipinski definition) is 2. The lowest BCUT2D eigenvalue weighted by molar-refractivity contribution is -0.138. The topological polar surface area (TPSA) is 104 Å². The highest BCUT2D eigenvalue weighted by molar-refractivity contribution is 5.81. The van der Waals surface area contributed by atoms with Gasteiger partial charge in [-0.1, -0.05) is 30.3 Å². The lowest BCUT2D eigenvalue weighted by atomic mass is 10.1. The van der Waals surface area contributed by atoms with Crippen molar-refractivity contribution in [2.45, 2.75) is 25.8 Å². The Morgan fingerprint density at radius 2 is 1.56 bits per heavy atom. The van der Waals surface area contributed by atoms with E-state index in [-0.39, 0.29) is 16.7 Å². The van der Waals surface area contributed by atoms with Gasteiger partial charge in [-0.15, -0.1) is 0 Å². The van der Waals surface area contributed by atoms with Crippen molar-refractivity contribution in [3.63, 3.8) is 0 Å². The molecule has 0 amide bonds. The van der Waals surface area contributed by atoms with Crippen molar-refractivity contribution in [3.8, 4) is 5.69 Å². The minimum Gasteiger partial charge on any atom is -0.480 e. The van der Waals surface area contributed by atoms with Crippen molar-refractivity contribution >= 4 is 17.0 Å². The Labute approximate surface area is 220 Å². The number of aliphatic carboxylic acids is 1. The van der Waals surface area contributed by atoms with E-state index >= 15 is 0 Å². The van der Waals surface area contributed by atoms with E-state index in [1.54, 1.807) is 12.3 Å². The molecule has 39 heavy (non-hydrogen) atoms. The number of H-pyrrole nitrogens is 1. The molecule has 204 valence electrons. The van der Waals surface area contributed by atoms with Crippen LogP contribution in [0, 0.1) is 0 Å². The minimum absolute atomic E-state index is 0.116. The first-order valence-electron chi connectivity index (χ1n) is 12.3. The molecule has 1 aliphatic rings. The summed E-state index contributed by atoms with van der Waals surface area (Å²) in [5, 5.41) is 9.20. The molecule has 0 spiro atoms. The van der Waals surface area contributed by atoms with E-state index in [4.69, 9.17) is 0 Å². The quantitative estimate of drug-likeness (QED) is 0.349. The molecular weight excluding hydrogens is 515 g/mol. The Kier molecular flexibility index (Phi) is 7.15. The Morgan fingerprint density at radius 1 is 0.923 bits per heavy atom. The van der Waals surface area contributed by atoms with Gasteiger partial charge >= 0.3 is 23.3 Å². The van der Waals surface area contributed by atoms with Gasteiger partial charge in [0.2, 0.25) is 0 Å². The molecule has 0 unspecified atom stereocenters. The van der Waals surface area contributed by atoms with Crippen LogP contribution in [0.1, 0.15) is 16.7 Å². The SMILES string of the molecule is O=C(O)Cn1c(=O)c(=O)[nH]c2cc(C(F)(F)F)c(-n3ccc(CN4CCN(Cc5ccccc5)CC4)c3)cc21. The van der Waals surface area contributed by atoms with Gasteiger partial charge in [0, 0.05) is 51.7 Å². The molecule has 0 aliphatic carbocycles. The van der Waals surface area contributed by atoms with Crippen molar-refractivity contribution in [1.29, 1.82) is 0 Å². The molecule has 0 radical (unpaired) electrons. The molecule has 9 nitrogen and oxygen atoms in total. The third-order valence-electron chi connectivity index (χ3n) is 6.84. The lowest BCUT2D eigenvalue weighted by Gasteiger charge is -2.34. The third kappa shape index (κ3) is 5.81. The summed E-state index contributed by atoms with van der Waals surface area (Å²) < 4.78 is 44.1. The van der Waals surface area contributed by atoms with E-state index in [1.807, 2.05) is 18.2 Å². The van der Waals surface area contributed by atoms with Gasteiger partial charge < -0.3 is 14.7 Å².